The number of unbranched alkanes of at least 4 members (excludes halogenated alkanes) is 3. The molecule has 4 rings (SSSR count). The van der Waals surface area contributed by atoms with E-state index in [1.165, 1.54) is 12.0 Å². The van der Waals surface area contributed by atoms with E-state index in [2.05, 4.69) is 70.5 Å². The van der Waals surface area contributed by atoms with Gasteiger partial charge in [-0.05, 0) is 94.2 Å². The number of hydrogen-bond acceptors (Lipinski definition) is 7. The van der Waals surface area contributed by atoms with Crippen LogP contribution in [0.3, 0.4) is 0 Å². The number of ether oxygens (including phenoxy) is 3. The van der Waals surface area contributed by atoms with E-state index in [4.69, 9.17) is 14.2 Å². The average molecular weight is 669 g/mol. The first-order valence-corrected chi connectivity index (χ1v) is 18.3. The number of benzene rings is 3. The van der Waals surface area contributed by atoms with Crippen molar-refractivity contribution in [3.8, 4) is 5.75 Å². The zero-order chi connectivity index (χ0) is 34.5. The third kappa shape index (κ3) is 14.2. The third-order valence-corrected chi connectivity index (χ3v) is 9.03. The quantitative estimate of drug-likeness (QED) is 0.0837. The van der Waals surface area contributed by atoms with Crippen molar-refractivity contribution in [1.29, 1.82) is 0 Å². The Bertz CT molecular complexity index is 1400. The molecule has 1 aliphatic rings. The van der Waals surface area contributed by atoms with Crippen LogP contribution in [0.2, 0.25) is 0 Å². The van der Waals surface area contributed by atoms with Crippen molar-refractivity contribution in [3.63, 3.8) is 0 Å². The number of carbonyl (C=O) groups is 2. The Hall–Kier alpha value is -3.94. The van der Waals surface area contributed by atoms with Gasteiger partial charge in [0.15, 0.2) is 0 Å². The molecule has 1 unspecified atom stereocenters. The summed E-state index contributed by atoms with van der Waals surface area (Å²) in [7, 11) is 0. The molecule has 1 fully saturated rings. The molecule has 7 heteroatoms. The maximum atomic E-state index is 12.1. The summed E-state index contributed by atoms with van der Waals surface area (Å²) in [4.78, 5) is 29.1. The molecule has 0 spiro atoms. The van der Waals surface area contributed by atoms with Crippen LogP contribution in [0.5, 0.6) is 5.75 Å². The van der Waals surface area contributed by atoms with Crippen LogP contribution in [0, 0.1) is 5.92 Å². The lowest BCUT2D eigenvalue weighted by Gasteiger charge is -2.34. The van der Waals surface area contributed by atoms with Crippen LogP contribution in [0.25, 0.3) is 6.08 Å². The Labute approximate surface area is 294 Å². The Kier molecular flexibility index (Phi) is 16.9. The highest BCUT2D eigenvalue weighted by Crippen LogP contribution is 2.24. The minimum Gasteiger partial charge on any atom is -0.493 e. The predicted molar refractivity (Wildman–Crippen MR) is 198 cm³/mol. The van der Waals surface area contributed by atoms with Crippen LogP contribution in [0.1, 0.15) is 85.8 Å². The Morgan fingerprint density at radius 2 is 1.45 bits per heavy atom. The van der Waals surface area contributed by atoms with Gasteiger partial charge in [0.05, 0.1) is 25.4 Å². The molecule has 1 saturated heterocycles. The van der Waals surface area contributed by atoms with Gasteiger partial charge in [0.1, 0.15) is 5.75 Å². The van der Waals surface area contributed by atoms with E-state index < -0.39 is 0 Å². The molecule has 0 aromatic heterocycles. The summed E-state index contributed by atoms with van der Waals surface area (Å²) >= 11 is 0. The highest BCUT2D eigenvalue weighted by Gasteiger charge is 2.16. The van der Waals surface area contributed by atoms with Crippen molar-refractivity contribution < 1.29 is 23.8 Å². The molecule has 264 valence electrons. The highest BCUT2D eigenvalue weighted by atomic mass is 16.5. The summed E-state index contributed by atoms with van der Waals surface area (Å²) in [5.41, 5.74) is 4.20. The Morgan fingerprint density at radius 1 is 0.735 bits per heavy atom. The first-order valence-electron chi connectivity index (χ1n) is 18.3. The Balaban J connectivity index is 1.22. The molecule has 0 radical (unpaired) electrons. The second-order valence-electron chi connectivity index (χ2n) is 12.8. The van der Waals surface area contributed by atoms with Gasteiger partial charge in [0.2, 0.25) is 0 Å². The molecular formula is C42H56N2O5. The molecule has 3 aromatic carbocycles. The van der Waals surface area contributed by atoms with Crippen LogP contribution in [-0.4, -0.2) is 74.3 Å². The van der Waals surface area contributed by atoms with E-state index in [1.807, 2.05) is 44.2 Å². The third-order valence-electron chi connectivity index (χ3n) is 9.03. The molecule has 0 amide bonds. The van der Waals surface area contributed by atoms with Crippen molar-refractivity contribution in [3.05, 3.63) is 107 Å². The summed E-state index contributed by atoms with van der Waals surface area (Å²) in [6, 6.07) is 26.7. The summed E-state index contributed by atoms with van der Waals surface area (Å²) in [6.07, 6.45) is 11.8. The summed E-state index contributed by atoms with van der Waals surface area (Å²) in [6.45, 7) is 11.9. The lowest BCUT2D eigenvalue weighted by atomic mass is 9.92. The molecule has 1 heterocycles. The fourth-order valence-electron chi connectivity index (χ4n) is 6.27. The van der Waals surface area contributed by atoms with Crippen LogP contribution < -0.4 is 4.74 Å². The largest absolute Gasteiger partial charge is 0.493 e. The molecule has 0 saturated carbocycles. The van der Waals surface area contributed by atoms with Crippen LogP contribution in [0.15, 0.2) is 84.9 Å². The van der Waals surface area contributed by atoms with E-state index in [1.54, 1.807) is 0 Å². The van der Waals surface area contributed by atoms with E-state index in [0.717, 1.165) is 94.7 Å². The smallest absolute Gasteiger partial charge is 0.338 e. The van der Waals surface area contributed by atoms with E-state index >= 15 is 0 Å². The van der Waals surface area contributed by atoms with Crippen molar-refractivity contribution in [2.45, 2.75) is 71.8 Å². The number of hydrogen-bond donors (Lipinski definition) is 0. The molecule has 7 nitrogen and oxygen atoms in total. The predicted octanol–water partition coefficient (Wildman–Crippen LogP) is 8.23. The first kappa shape index (κ1) is 37.9. The van der Waals surface area contributed by atoms with Crippen molar-refractivity contribution >= 4 is 18.0 Å². The normalized spacial score (nSPS) is 14.5. The van der Waals surface area contributed by atoms with Crippen molar-refractivity contribution in [1.82, 2.24) is 9.80 Å². The summed E-state index contributed by atoms with van der Waals surface area (Å²) in [5, 5.41) is 0. The maximum Gasteiger partial charge on any atom is 0.338 e. The fourth-order valence-corrected chi connectivity index (χ4v) is 6.27. The molecular weight excluding hydrogens is 612 g/mol. The van der Waals surface area contributed by atoms with Gasteiger partial charge in [0, 0.05) is 44.7 Å². The number of para-hydroxylation sites is 1. The molecule has 1 aliphatic heterocycles. The van der Waals surface area contributed by atoms with Gasteiger partial charge in [-0.3, -0.25) is 9.69 Å². The van der Waals surface area contributed by atoms with Gasteiger partial charge in [-0.25, -0.2) is 4.79 Å². The SMILES string of the molecule is CCOC(=O)CCCCC(C=Cc1ccccc1OCCCCCN1CCN(Cc2ccccc2)CC1)Cc1ccc(C(=O)OCC)cc1. The second-order valence-corrected chi connectivity index (χ2v) is 12.8. The Morgan fingerprint density at radius 3 is 2.20 bits per heavy atom. The number of carbonyl (C=O) groups excluding carboxylic acids is 2. The van der Waals surface area contributed by atoms with Crippen LogP contribution in [0.4, 0.5) is 0 Å². The first-order chi connectivity index (χ1) is 24.0. The van der Waals surface area contributed by atoms with Gasteiger partial charge in [-0.2, -0.15) is 0 Å². The topological polar surface area (TPSA) is 68.3 Å². The van der Waals surface area contributed by atoms with Crippen molar-refractivity contribution in [2.75, 3.05) is 52.5 Å². The van der Waals surface area contributed by atoms with Gasteiger partial charge >= 0.3 is 11.9 Å². The second kappa shape index (κ2) is 21.9. The number of rotatable bonds is 21. The molecule has 0 N–H and O–H groups in total. The molecule has 49 heavy (non-hydrogen) atoms. The summed E-state index contributed by atoms with van der Waals surface area (Å²) in [5.74, 6) is 0.749. The number of piperazine rings is 1. The van der Waals surface area contributed by atoms with Gasteiger partial charge in [-0.15, -0.1) is 0 Å². The van der Waals surface area contributed by atoms with E-state index in [-0.39, 0.29) is 17.9 Å². The van der Waals surface area contributed by atoms with Crippen LogP contribution >= 0.6 is 0 Å². The fraction of sp³-hybridized carbons (Fsp3) is 0.476. The van der Waals surface area contributed by atoms with E-state index in [9.17, 15) is 9.59 Å². The van der Waals surface area contributed by atoms with Crippen molar-refractivity contribution in [2.24, 2.45) is 5.92 Å². The molecule has 1 atom stereocenters. The average Bonchev–Trinajstić information content (AvgIpc) is 3.12. The minimum atomic E-state index is -0.297. The summed E-state index contributed by atoms with van der Waals surface area (Å²) < 4.78 is 16.5. The zero-order valence-corrected chi connectivity index (χ0v) is 29.7. The molecule has 0 aliphatic carbocycles. The lowest BCUT2D eigenvalue weighted by Crippen LogP contribution is -2.46. The number of nitrogens with zero attached hydrogens (tertiary/aromatic N) is 2. The standard InChI is InChI=1S/C42H56N2O5/c1-3-47-41(45)20-12-9-15-35(33-36-22-25-39(26-23-36)42(46)48-4-2)21-24-38-18-10-11-19-40(38)49-32-14-6-13-27-43-28-30-44(31-29-43)34-37-16-7-5-8-17-37/h5,7-8,10-11,16-19,21-26,35H,3-4,6,9,12-15,20,27-34H2,1-2H3. The molecule has 3 aromatic rings. The zero-order valence-electron chi connectivity index (χ0n) is 29.7. The van der Waals surface area contributed by atoms with Gasteiger partial charge < -0.3 is 19.1 Å². The maximum absolute atomic E-state index is 12.1. The van der Waals surface area contributed by atoms with Gasteiger partial charge in [-0.1, -0.05) is 79.2 Å². The number of allylic oxidation sites excluding steroid dienone is 1. The lowest BCUT2D eigenvalue weighted by molar-refractivity contribution is -0.143. The monoisotopic (exact) mass is 668 g/mol. The van der Waals surface area contributed by atoms with Gasteiger partial charge in [0.25, 0.3) is 0 Å². The molecule has 0 bridgehead atoms. The van der Waals surface area contributed by atoms with Crippen LogP contribution in [-0.2, 0) is 27.2 Å². The van der Waals surface area contributed by atoms with E-state index in [0.29, 0.717) is 31.8 Å². The number of esters is 2. The minimum absolute atomic E-state index is 0.132. The highest BCUT2D eigenvalue weighted by molar-refractivity contribution is 5.89.